The van der Waals surface area contributed by atoms with Crippen molar-refractivity contribution in [1.29, 1.82) is 0 Å². The second kappa shape index (κ2) is 65.1. The summed E-state index contributed by atoms with van der Waals surface area (Å²) < 4.78 is 16.8. The van der Waals surface area contributed by atoms with Crippen molar-refractivity contribution in [1.82, 2.24) is 0 Å². The maximum atomic E-state index is 12.8. The lowest BCUT2D eigenvalue weighted by atomic mass is 10.0. The van der Waals surface area contributed by atoms with E-state index in [0.29, 0.717) is 12.8 Å². The van der Waals surface area contributed by atoms with Gasteiger partial charge in [-0.15, -0.1) is 0 Å². The molecule has 0 amide bonds. The van der Waals surface area contributed by atoms with E-state index in [9.17, 15) is 14.4 Å². The van der Waals surface area contributed by atoms with Gasteiger partial charge in [-0.25, -0.2) is 0 Å². The zero-order chi connectivity index (χ0) is 55.7. The van der Waals surface area contributed by atoms with Crippen LogP contribution in [-0.2, 0) is 28.6 Å². The van der Waals surface area contributed by atoms with E-state index in [4.69, 9.17) is 14.2 Å². The number of carbonyl (C=O) groups excluding carboxylic acids is 3. The molecule has 0 aliphatic carbocycles. The summed E-state index contributed by atoms with van der Waals surface area (Å²) in [6, 6.07) is 0. The van der Waals surface area contributed by atoms with Crippen molar-refractivity contribution in [3.05, 3.63) is 85.1 Å². The summed E-state index contributed by atoms with van der Waals surface area (Å²) in [6.07, 6.45) is 86.5. The second-order valence-corrected chi connectivity index (χ2v) is 22.0. The third kappa shape index (κ3) is 63.3. The number of unbranched alkanes of at least 4 members (excludes halogenated alkanes) is 36. The van der Waals surface area contributed by atoms with Gasteiger partial charge in [0.1, 0.15) is 13.2 Å². The topological polar surface area (TPSA) is 78.9 Å². The van der Waals surface area contributed by atoms with E-state index in [1.54, 1.807) is 6.08 Å². The normalized spacial score (nSPS) is 12.6. The molecule has 0 radical (unpaired) electrons. The number of hydrogen-bond donors (Lipinski definition) is 0. The fraction of sp³-hybridized carbons (Fsp3) is 0.761. The molecule has 0 aliphatic heterocycles. The van der Waals surface area contributed by atoms with Crippen molar-refractivity contribution < 1.29 is 28.6 Å². The average molecular weight is 1070 g/mol. The van der Waals surface area contributed by atoms with Crippen LogP contribution in [0.1, 0.15) is 329 Å². The van der Waals surface area contributed by atoms with Crippen LogP contribution in [0.15, 0.2) is 85.1 Å². The number of esters is 3. The summed E-state index contributed by atoms with van der Waals surface area (Å²) >= 11 is 0. The zero-order valence-corrected chi connectivity index (χ0v) is 51.0. The lowest BCUT2D eigenvalue weighted by molar-refractivity contribution is -0.166. The van der Waals surface area contributed by atoms with Crippen molar-refractivity contribution in [3.63, 3.8) is 0 Å². The molecule has 0 aromatic rings. The van der Waals surface area contributed by atoms with Gasteiger partial charge in [0.25, 0.3) is 0 Å². The average Bonchev–Trinajstić information content (AvgIpc) is 3.43. The van der Waals surface area contributed by atoms with Gasteiger partial charge in [0, 0.05) is 12.8 Å². The SMILES string of the molecule is CC/C=C\C/C=C\C/C=C\C/C=C\C/C=C\CC(=O)OC(COC(=O)CCCCCCCCCCCCC)COC(=O)CCCCCCCCCCCCCCCCCCCCCCC/C=C\C/C=C\CCCCCCC. The molecule has 0 fully saturated rings. The van der Waals surface area contributed by atoms with Gasteiger partial charge in [-0.1, -0.05) is 318 Å². The fourth-order valence-corrected chi connectivity index (χ4v) is 9.49. The Kier molecular flexibility index (Phi) is 62.2. The van der Waals surface area contributed by atoms with Crippen LogP contribution >= 0.6 is 0 Å². The highest BCUT2D eigenvalue weighted by atomic mass is 16.6. The van der Waals surface area contributed by atoms with Crippen LogP contribution in [0.2, 0.25) is 0 Å². The fourth-order valence-electron chi connectivity index (χ4n) is 9.49. The highest BCUT2D eigenvalue weighted by Crippen LogP contribution is 2.17. The third-order valence-electron chi connectivity index (χ3n) is 14.4. The van der Waals surface area contributed by atoms with Crippen LogP contribution in [0.5, 0.6) is 0 Å². The summed E-state index contributed by atoms with van der Waals surface area (Å²) in [5.74, 6) is -1.03. The quantitative estimate of drug-likeness (QED) is 0.0261. The standard InChI is InChI=1S/C71H124O6/c1-4-7-10-13-16-19-22-24-26-27-28-29-30-31-32-33-34-35-36-37-38-39-40-41-42-43-45-46-49-52-55-58-61-64-70(73)76-67-68(66-75-69(72)63-60-57-54-51-48-21-18-15-12-9-6-3)77-71(74)65-62-59-56-53-50-47-44-25-23-20-17-14-11-8-5-2/h8,11,17,20,22,24-25,27-28,44,50,53,59,62,68H,4-7,9-10,12-16,18-19,21,23,26,29-43,45-49,51-52,54-58,60-61,63-67H2,1-3H3/b11-8-,20-17-,24-22-,28-27-,44-25-,53-50-,62-59-. The van der Waals surface area contributed by atoms with Crippen molar-refractivity contribution in [2.24, 2.45) is 0 Å². The molecule has 444 valence electrons. The Labute approximate surface area is 477 Å². The minimum absolute atomic E-state index is 0.0997. The molecule has 0 aliphatic rings. The molecule has 77 heavy (non-hydrogen) atoms. The molecule has 0 aromatic heterocycles. The summed E-state index contributed by atoms with van der Waals surface area (Å²) in [4.78, 5) is 38.1. The zero-order valence-electron chi connectivity index (χ0n) is 51.0. The molecular weight excluding hydrogens is 949 g/mol. The van der Waals surface area contributed by atoms with Crippen molar-refractivity contribution in [3.8, 4) is 0 Å². The summed E-state index contributed by atoms with van der Waals surface area (Å²) in [5, 5.41) is 0. The Morgan fingerprint density at radius 3 is 0.857 bits per heavy atom. The van der Waals surface area contributed by atoms with E-state index < -0.39 is 12.1 Å². The van der Waals surface area contributed by atoms with Crippen LogP contribution in [0.4, 0.5) is 0 Å². The van der Waals surface area contributed by atoms with E-state index in [1.165, 1.54) is 212 Å². The number of carbonyl (C=O) groups is 3. The molecule has 1 atom stereocenters. The molecule has 0 aromatic carbocycles. The van der Waals surface area contributed by atoms with Crippen molar-refractivity contribution in [2.75, 3.05) is 13.2 Å². The van der Waals surface area contributed by atoms with E-state index in [1.807, 2.05) is 6.08 Å². The Morgan fingerprint density at radius 2 is 0.545 bits per heavy atom. The van der Waals surface area contributed by atoms with Gasteiger partial charge in [0.2, 0.25) is 0 Å². The first kappa shape index (κ1) is 73.6. The van der Waals surface area contributed by atoms with E-state index in [0.717, 1.165) is 77.0 Å². The van der Waals surface area contributed by atoms with Gasteiger partial charge >= 0.3 is 17.9 Å². The van der Waals surface area contributed by atoms with Crippen molar-refractivity contribution >= 4 is 17.9 Å². The molecule has 1 unspecified atom stereocenters. The van der Waals surface area contributed by atoms with Gasteiger partial charge < -0.3 is 14.2 Å². The van der Waals surface area contributed by atoms with Gasteiger partial charge in [-0.3, -0.25) is 14.4 Å². The van der Waals surface area contributed by atoms with Crippen molar-refractivity contribution in [2.45, 2.75) is 335 Å². The Bertz CT molecular complexity index is 1470. The minimum Gasteiger partial charge on any atom is -0.462 e. The minimum atomic E-state index is -0.828. The summed E-state index contributed by atoms with van der Waals surface area (Å²) in [5.41, 5.74) is 0. The highest BCUT2D eigenvalue weighted by molar-refractivity contribution is 5.72. The lowest BCUT2D eigenvalue weighted by Gasteiger charge is -2.18. The van der Waals surface area contributed by atoms with Crippen LogP contribution in [0.3, 0.4) is 0 Å². The summed E-state index contributed by atoms with van der Waals surface area (Å²) in [6.45, 7) is 6.45. The first-order valence-electron chi connectivity index (χ1n) is 33.1. The number of rotatable bonds is 60. The molecular formula is C71H124O6. The number of hydrogen-bond acceptors (Lipinski definition) is 6. The Morgan fingerprint density at radius 1 is 0.286 bits per heavy atom. The predicted octanol–water partition coefficient (Wildman–Crippen LogP) is 22.7. The molecule has 0 saturated carbocycles. The van der Waals surface area contributed by atoms with Crippen LogP contribution < -0.4 is 0 Å². The maximum Gasteiger partial charge on any atom is 0.310 e. The van der Waals surface area contributed by atoms with E-state index in [-0.39, 0.29) is 31.6 Å². The van der Waals surface area contributed by atoms with Gasteiger partial charge in [0.05, 0.1) is 6.42 Å². The largest absolute Gasteiger partial charge is 0.462 e. The highest BCUT2D eigenvalue weighted by Gasteiger charge is 2.19. The third-order valence-corrected chi connectivity index (χ3v) is 14.4. The summed E-state index contributed by atoms with van der Waals surface area (Å²) in [7, 11) is 0. The van der Waals surface area contributed by atoms with E-state index in [2.05, 4.69) is 93.7 Å². The lowest BCUT2D eigenvalue weighted by Crippen LogP contribution is -2.30. The molecule has 0 rings (SSSR count). The Balaban J connectivity index is 4.13. The van der Waals surface area contributed by atoms with Gasteiger partial charge in [0.15, 0.2) is 6.10 Å². The Hall–Kier alpha value is -3.41. The van der Waals surface area contributed by atoms with Gasteiger partial charge in [-0.05, 0) is 77.0 Å². The first-order valence-corrected chi connectivity index (χ1v) is 33.1. The molecule has 0 saturated heterocycles. The molecule has 0 bridgehead atoms. The second-order valence-electron chi connectivity index (χ2n) is 22.0. The first-order chi connectivity index (χ1) is 38.0. The smallest absolute Gasteiger partial charge is 0.310 e. The predicted molar refractivity (Wildman–Crippen MR) is 334 cm³/mol. The van der Waals surface area contributed by atoms with Gasteiger partial charge in [-0.2, -0.15) is 0 Å². The molecule has 6 heteroatoms. The molecule has 0 N–H and O–H groups in total. The molecule has 6 nitrogen and oxygen atoms in total. The number of ether oxygens (including phenoxy) is 3. The maximum absolute atomic E-state index is 12.8. The molecule has 0 heterocycles. The van der Waals surface area contributed by atoms with Crippen LogP contribution in [-0.4, -0.2) is 37.2 Å². The number of allylic oxidation sites excluding steroid dienone is 13. The van der Waals surface area contributed by atoms with Crippen LogP contribution in [0.25, 0.3) is 0 Å². The molecule has 0 spiro atoms. The van der Waals surface area contributed by atoms with Crippen LogP contribution in [0, 0.1) is 0 Å². The van der Waals surface area contributed by atoms with E-state index >= 15 is 0 Å². The monoisotopic (exact) mass is 1070 g/mol.